The molecule has 0 radical (unpaired) electrons. The molecule has 3 nitrogen and oxygen atoms in total. The summed E-state index contributed by atoms with van der Waals surface area (Å²) >= 11 is 0. The molecule has 4 N–H and O–H groups in total. The molecule has 0 aliphatic rings. The van der Waals surface area contributed by atoms with Crippen LogP contribution in [0.25, 0.3) is 0 Å². The third-order valence-corrected chi connectivity index (χ3v) is 1.33. The first kappa shape index (κ1) is 9.75. The van der Waals surface area contributed by atoms with E-state index in [1.165, 1.54) is 12.4 Å². The lowest BCUT2D eigenvalue weighted by Crippen LogP contribution is -2.11. The van der Waals surface area contributed by atoms with Crippen molar-refractivity contribution in [2.75, 3.05) is 7.05 Å². The number of hydrogen-bond acceptors (Lipinski definition) is 3. The zero-order valence-corrected chi connectivity index (χ0v) is 7.02. The van der Waals surface area contributed by atoms with Crippen LogP contribution < -0.4 is 11.1 Å². The van der Waals surface area contributed by atoms with Gasteiger partial charge in [0.1, 0.15) is 0 Å². The molecular weight excluding hydrogens is 138 g/mol. The van der Waals surface area contributed by atoms with Crippen LogP contribution in [0.5, 0.6) is 0 Å². The van der Waals surface area contributed by atoms with Crippen LogP contribution >= 0.6 is 0 Å². The molecule has 0 aromatic carbocycles. The second-order valence-electron chi connectivity index (χ2n) is 2.04. The van der Waals surface area contributed by atoms with E-state index in [4.69, 9.17) is 11.1 Å². The molecule has 0 rings (SSSR count). The molecule has 0 amide bonds. The van der Waals surface area contributed by atoms with Crippen LogP contribution in [0.4, 0.5) is 0 Å². The Labute approximate surface area is 67.5 Å². The Hall–Kier alpha value is -1.25. The van der Waals surface area contributed by atoms with Crippen LogP contribution in [-0.4, -0.2) is 13.3 Å². The maximum absolute atomic E-state index is 7.07. The average Bonchev–Trinajstić information content (AvgIpc) is 2.05. The van der Waals surface area contributed by atoms with Gasteiger partial charge in [-0.1, -0.05) is 13.0 Å². The summed E-state index contributed by atoms with van der Waals surface area (Å²) in [6, 6.07) is 0. The van der Waals surface area contributed by atoms with Crippen LogP contribution in [0, 0.1) is 5.41 Å². The van der Waals surface area contributed by atoms with E-state index in [0.717, 1.165) is 17.7 Å². The van der Waals surface area contributed by atoms with Crippen molar-refractivity contribution in [3.8, 4) is 0 Å². The third-order valence-electron chi connectivity index (χ3n) is 1.33. The summed E-state index contributed by atoms with van der Waals surface area (Å²) in [5.74, 6) is 0. The van der Waals surface area contributed by atoms with Crippen LogP contribution in [-0.2, 0) is 0 Å². The van der Waals surface area contributed by atoms with Gasteiger partial charge in [0, 0.05) is 25.0 Å². The van der Waals surface area contributed by atoms with Crippen molar-refractivity contribution < 1.29 is 0 Å². The van der Waals surface area contributed by atoms with Crippen molar-refractivity contribution in [2.45, 2.75) is 13.3 Å². The standard InChI is InChI=1S/C8H15N3/c1-3-4-7(5-9)8(6-10)11-2/h4-6,9,11H,3,10H2,1-2H3/b7-4-,8-6+,9-5?. The molecule has 0 aromatic rings. The molecule has 0 fully saturated rings. The van der Waals surface area contributed by atoms with E-state index < -0.39 is 0 Å². The summed E-state index contributed by atoms with van der Waals surface area (Å²) in [5, 5.41) is 9.97. The number of nitrogens with two attached hydrogens (primary N) is 1. The molecule has 11 heavy (non-hydrogen) atoms. The van der Waals surface area contributed by atoms with Gasteiger partial charge in [0.15, 0.2) is 0 Å². The molecule has 62 valence electrons. The first-order valence-electron chi connectivity index (χ1n) is 3.60. The fraction of sp³-hybridized carbons (Fsp3) is 0.375. The smallest absolute Gasteiger partial charge is 0.0580 e. The number of allylic oxidation sites excluding steroid dienone is 2. The van der Waals surface area contributed by atoms with Crippen LogP contribution in [0.2, 0.25) is 0 Å². The van der Waals surface area contributed by atoms with E-state index in [9.17, 15) is 0 Å². The zero-order chi connectivity index (χ0) is 8.69. The Balaban J connectivity index is 4.48. The fourth-order valence-electron chi connectivity index (χ4n) is 0.790. The summed E-state index contributed by atoms with van der Waals surface area (Å²) in [4.78, 5) is 0. The summed E-state index contributed by atoms with van der Waals surface area (Å²) in [6.07, 6.45) is 5.61. The number of hydrogen-bond donors (Lipinski definition) is 3. The highest BCUT2D eigenvalue weighted by molar-refractivity contribution is 5.81. The van der Waals surface area contributed by atoms with Crippen LogP contribution in [0.15, 0.2) is 23.5 Å². The van der Waals surface area contributed by atoms with Gasteiger partial charge >= 0.3 is 0 Å². The van der Waals surface area contributed by atoms with Gasteiger partial charge in [0.2, 0.25) is 0 Å². The lowest BCUT2D eigenvalue weighted by Gasteiger charge is -2.04. The Kier molecular flexibility index (Phi) is 4.90. The van der Waals surface area contributed by atoms with Gasteiger partial charge < -0.3 is 16.5 Å². The highest BCUT2D eigenvalue weighted by atomic mass is 14.8. The first-order valence-corrected chi connectivity index (χ1v) is 3.60. The van der Waals surface area contributed by atoms with E-state index in [-0.39, 0.29) is 0 Å². The van der Waals surface area contributed by atoms with Crippen LogP contribution in [0.3, 0.4) is 0 Å². The largest absolute Gasteiger partial charge is 0.403 e. The molecule has 0 atom stereocenters. The second-order valence-corrected chi connectivity index (χ2v) is 2.04. The van der Waals surface area contributed by atoms with Gasteiger partial charge in [-0.3, -0.25) is 0 Å². The minimum Gasteiger partial charge on any atom is -0.403 e. The number of nitrogens with one attached hydrogen (secondary N) is 2. The van der Waals surface area contributed by atoms with E-state index in [0.29, 0.717) is 0 Å². The molecule has 0 spiro atoms. The molecule has 0 saturated carbocycles. The quantitative estimate of drug-likeness (QED) is 0.416. The first-order chi connectivity index (χ1) is 5.29. The fourth-order valence-corrected chi connectivity index (χ4v) is 0.790. The van der Waals surface area contributed by atoms with E-state index in [1.807, 2.05) is 13.0 Å². The van der Waals surface area contributed by atoms with Crippen molar-refractivity contribution in [1.82, 2.24) is 5.32 Å². The predicted molar refractivity (Wildman–Crippen MR) is 48.5 cm³/mol. The molecule has 3 heteroatoms. The average molecular weight is 153 g/mol. The van der Waals surface area contributed by atoms with Crippen molar-refractivity contribution in [2.24, 2.45) is 5.73 Å². The molecule has 0 aromatic heterocycles. The summed E-state index contributed by atoms with van der Waals surface area (Å²) in [5.41, 5.74) is 6.95. The summed E-state index contributed by atoms with van der Waals surface area (Å²) in [6.45, 7) is 2.02. The predicted octanol–water partition coefficient (Wildman–Crippen LogP) is 0.992. The van der Waals surface area contributed by atoms with Gasteiger partial charge in [0.05, 0.1) is 5.70 Å². The topological polar surface area (TPSA) is 61.9 Å². The maximum atomic E-state index is 7.07. The molecule has 0 unspecified atom stereocenters. The Bertz CT molecular complexity index is 180. The second kappa shape index (κ2) is 5.53. The van der Waals surface area contributed by atoms with Crippen molar-refractivity contribution in [3.05, 3.63) is 23.5 Å². The van der Waals surface area contributed by atoms with E-state index >= 15 is 0 Å². The van der Waals surface area contributed by atoms with Gasteiger partial charge in [-0.2, -0.15) is 0 Å². The molecule has 0 saturated heterocycles. The zero-order valence-electron chi connectivity index (χ0n) is 7.02. The van der Waals surface area contributed by atoms with E-state index in [1.54, 1.807) is 7.05 Å². The lowest BCUT2D eigenvalue weighted by atomic mass is 10.2. The van der Waals surface area contributed by atoms with Crippen LogP contribution in [0.1, 0.15) is 13.3 Å². The Morgan fingerprint density at radius 2 is 2.27 bits per heavy atom. The summed E-state index contributed by atoms with van der Waals surface area (Å²) in [7, 11) is 1.78. The van der Waals surface area contributed by atoms with E-state index in [2.05, 4.69) is 5.32 Å². The Morgan fingerprint density at radius 1 is 1.64 bits per heavy atom. The number of rotatable bonds is 4. The molecule has 0 heterocycles. The molecular formula is C8H15N3. The highest BCUT2D eigenvalue weighted by Gasteiger charge is 1.96. The minimum atomic E-state index is 0.793. The van der Waals surface area contributed by atoms with Crippen molar-refractivity contribution in [3.63, 3.8) is 0 Å². The van der Waals surface area contributed by atoms with Gasteiger partial charge in [0.25, 0.3) is 0 Å². The lowest BCUT2D eigenvalue weighted by molar-refractivity contribution is 1.00. The summed E-state index contributed by atoms with van der Waals surface area (Å²) < 4.78 is 0. The van der Waals surface area contributed by atoms with Gasteiger partial charge in [-0.15, -0.1) is 0 Å². The maximum Gasteiger partial charge on any atom is 0.0580 e. The van der Waals surface area contributed by atoms with Gasteiger partial charge in [-0.05, 0) is 6.42 Å². The molecule has 0 bridgehead atoms. The van der Waals surface area contributed by atoms with Crippen molar-refractivity contribution in [1.29, 1.82) is 5.41 Å². The molecule has 0 aliphatic heterocycles. The normalized spacial score (nSPS) is 12.9. The highest BCUT2D eigenvalue weighted by Crippen LogP contribution is 2.02. The van der Waals surface area contributed by atoms with Gasteiger partial charge in [-0.25, -0.2) is 0 Å². The van der Waals surface area contributed by atoms with Crippen molar-refractivity contribution >= 4 is 6.21 Å². The Morgan fingerprint density at radius 3 is 2.55 bits per heavy atom. The monoisotopic (exact) mass is 153 g/mol. The molecule has 0 aliphatic carbocycles. The third kappa shape index (κ3) is 2.89. The number of likely N-dealkylation sites (N-methyl/N-ethyl adjacent to an activating group) is 1. The SMILES string of the molecule is CC/C=C(C=N)\C(=C/N)NC. The minimum absolute atomic E-state index is 0.793.